The number of aromatic amines is 1. The molecule has 124 valence electrons. The topological polar surface area (TPSA) is 99.5 Å². The molecule has 1 aliphatic heterocycles. The van der Waals surface area contributed by atoms with Crippen molar-refractivity contribution in [3.63, 3.8) is 0 Å². The third-order valence-electron chi connectivity index (χ3n) is 4.20. The lowest BCUT2D eigenvalue weighted by Gasteiger charge is -2.43. The van der Waals surface area contributed by atoms with Gasteiger partial charge in [-0.15, -0.1) is 0 Å². The van der Waals surface area contributed by atoms with Crippen LogP contribution in [0.4, 0.5) is 11.6 Å². The molecule has 0 amide bonds. The van der Waals surface area contributed by atoms with Gasteiger partial charge in [-0.3, -0.25) is 13.8 Å². The molecule has 8 nitrogen and oxygen atoms in total. The molecule has 0 radical (unpaired) electrons. The molecule has 0 spiro atoms. The molecular formula is C14H18N4O4S. The summed E-state index contributed by atoms with van der Waals surface area (Å²) < 4.78 is 30.5. The zero-order valence-electron chi connectivity index (χ0n) is 13.1. The number of hydrogen-bond donors (Lipinski definition) is 1. The van der Waals surface area contributed by atoms with E-state index < -0.39 is 15.8 Å². The lowest BCUT2D eigenvalue weighted by Crippen LogP contribution is -2.55. The van der Waals surface area contributed by atoms with Crippen molar-refractivity contribution >= 4 is 21.7 Å². The van der Waals surface area contributed by atoms with E-state index in [9.17, 15) is 13.2 Å². The van der Waals surface area contributed by atoms with Gasteiger partial charge in [-0.05, 0) is 30.1 Å². The standard InChI is InChI=1S/C14H18N4O4S/c1-9-12(17(2)13-15-14(19)22-16-13)8-10-6-4-5-7-11(10)18(9)23(3,20)21/h4-7,9,12H,8H2,1-3H3,(H,15,16,19)/t9-,12-/m1/s1. The van der Waals surface area contributed by atoms with Gasteiger partial charge < -0.3 is 4.90 Å². The molecule has 1 N–H and O–H groups in total. The van der Waals surface area contributed by atoms with Gasteiger partial charge in [0.1, 0.15) is 0 Å². The molecule has 1 aromatic carbocycles. The van der Waals surface area contributed by atoms with Crippen LogP contribution < -0.4 is 15.0 Å². The largest absolute Gasteiger partial charge is 0.440 e. The Labute approximate surface area is 133 Å². The SMILES string of the molecule is C[C@@H]1[C@H](N(C)c2noc(=O)[nH]2)Cc2ccccc2N1S(C)(=O)=O. The number of aromatic nitrogens is 2. The maximum absolute atomic E-state index is 12.3. The maximum atomic E-state index is 12.3. The summed E-state index contributed by atoms with van der Waals surface area (Å²) in [5.74, 6) is -0.365. The Morgan fingerprint density at radius 3 is 2.70 bits per heavy atom. The molecular weight excluding hydrogens is 320 g/mol. The fourth-order valence-electron chi connectivity index (χ4n) is 3.14. The van der Waals surface area contributed by atoms with Gasteiger partial charge in [0.2, 0.25) is 16.0 Å². The summed E-state index contributed by atoms with van der Waals surface area (Å²) in [6.07, 6.45) is 1.83. The van der Waals surface area contributed by atoms with Crippen LogP contribution in [0.1, 0.15) is 12.5 Å². The molecule has 2 atom stereocenters. The summed E-state index contributed by atoms with van der Waals surface area (Å²) >= 11 is 0. The smallest absolute Gasteiger partial charge is 0.337 e. The number of anilines is 2. The molecule has 0 bridgehead atoms. The molecule has 9 heteroatoms. The van der Waals surface area contributed by atoms with E-state index in [1.165, 1.54) is 10.6 Å². The molecule has 2 heterocycles. The number of nitrogens with zero attached hydrogens (tertiary/aromatic N) is 3. The van der Waals surface area contributed by atoms with Gasteiger partial charge in [0.25, 0.3) is 0 Å². The molecule has 0 saturated carbocycles. The number of likely N-dealkylation sites (N-methyl/N-ethyl adjacent to an activating group) is 1. The first-order chi connectivity index (χ1) is 10.8. The van der Waals surface area contributed by atoms with Crippen molar-refractivity contribution in [2.75, 3.05) is 22.5 Å². The Kier molecular flexibility index (Phi) is 3.67. The monoisotopic (exact) mass is 338 g/mol. The molecule has 3 rings (SSSR count). The highest BCUT2D eigenvalue weighted by atomic mass is 32.2. The second kappa shape index (κ2) is 5.41. The van der Waals surface area contributed by atoms with Gasteiger partial charge in [0.05, 0.1) is 24.0 Å². The van der Waals surface area contributed by atoms with Gasteiger partial charge >= 0.3 is 5.76 Å². The van der Waals surface area contributed by atoms with Crippen LogP contribution in [-0.2, 0) is 16.4 Å². The lowest BCUT2D eigenvalue weighted by atomic mass is 9.93. The first kappa shape index (κ1) is 15.6. The first-order valence-electron chi connectivity index (χ1n) is 7.15. The number of para-hydroxylation sites is 1. The summed E-state index contributed by atoms with van der Waals surface area (Å²) in [5.41, 5.74) is 1.62. The van der Waals surface area contributed by atoms with Crippen molar-refractivity contribution < 1.29 is 12.9 Å². The Balaban J connectivity index is 2.06. The number of H-pyrrole nitrogens is 1. The second-order valence-electron chi connectivity index (χ2n) is 5.73. The average Bonchev–Trinajstić information content (AvgIpc) is 2.91. The van der Waals surface area contributed by atoms with Crippen LogP contribution in [0.15, 0.2) is 33.6 Å². The Morgan fingerprint density at radius 1 is 1.39 bits per heavy atom. The van der Waals surface area contributed by atoms with Crippen molar-refractivity contribution in [3.05, 3.63) is 40.4 Å². The number of rotatable bonds is 3. The zero-order chi connectivity index (χ0) is 16.8. The minimum Gasteiger partial charge on any atom is -0.337 e. The van der Waals surface area contributed by atoms with Gasteiger partial charge in [0.15, 0.2) is 0 Å². The quantitative estimate of drug-likeness (QED) is 0.879. The summed E-state index contributed by atoms with van der Waals surface area (Å²) in [4.78, 5) is 15.4. The van der Waals surface area contributed by atoms with E-state index in [1.807, 2.05) is 25.1 Å². The minimum atomic E-state index is -3.44. The molecule has 1 aromatic heterocycles. The fraction of sp³-hybridized carbons (Fsp3) is 0.429. The predicted octanol–water partition coefficient (Wildman–Crippen LogP) is 0.578. The fourth-order valence-corrected chi connectivity index (χ4v) is 4.42. The third kappa shape index (κ3) is 2.72. The van der Waals surface area contributed by atoms with Crippen LogP contribution >= 0.6 is 0 Å². The van der Waals surface area contributed by atoms with Crippen molar-refractivity contribution in [2.24, 2.45) is 0 Å². The molecule has 1 aliphatic rings. The van der Waals surface area contributed by atoms with Crippen LogP contribution in [0.5, 0.6) is 0 Å². The summed E-state index contributed by atoms with van der Waals surface area (Å²) in [7, 11) is -1.69. The summed E-state index contributed by atoms with van der Waals surface area (Å²) in [6.45, 7) is 1.84. The van der Waals surface area contributed by atoms with E-state index in [4.69, 9.17) is 0 Å². The highest BCUT2D eigenvalue weighted by Crippen LogP contribution is 2.34. The molecule has 2 aromatic rings. The van der Waals surface area contributed by atoms with Crippen LogP contribution in [-0.4, -0.2) is 43.9 Å². The van der Waals surface area contributed by atoms with Crippen LogP contribution in [0, 0.1) is 0 Å². The van der Waals surface area contributed by atoms with E-state index >= 15 is 0 Å². The Bertz CT molecular complexity index is 873. The highest BCUT2D eigenvalue weighted by Gasteiger charge is 2.38. The Morgan fingerprint density at radius 2 is 2.09 bits per heavy atom. The number of nitrogens with one attached hydrogen (secondary N) is 1. The zero-order valence-corrected chi connectivity index (χ0v) is 13.9. The van der Waals surface area contributed by atoms with Gasteiger partial charge in [0, 0.05) is 7.05 Å². The number of benzene rings is 1. The van der Waals surface area contributed by atoms with E-state index in [0.29, 0.717) is 12.1 Å². The number of fused-ring (bicyclic) bond motifs is 1. The number of sulfonamides is 1. The molecule has 23 heavy (non-hydrogen) atoms. The number of hydrogen-bond acceptors (Lipinski definition) is 6. The molecule has 0 unspecified atom stereocenters. The molecule has 0 fully saturated rings. The van der Waals surface area contributed by atoms with Crippen LogP contribution in [0.25, 0.3) is 0 Å². The van der Waals surface area contributed by atoms with Crippen molar-refractivity contribution in [1.82, 2.24) is 10.1 Å². The molecule has 0 saturated heterocycles. The minimum absolute atomic E-state index is 0.194. The van der Waals surface area contributed by atoms with Crippen LogP contribution in [0.2, 0.25) is 0 Å². The van der Waals surface area contributed by atoms with Crippen molar-refractivity contribution in [3.8, 4) is 0 Å². The first-order valence-corrected chi connectivity index (χ1v) is 9.00. The third-order valence-corrected chi connectivity index (χ3v) is 5.45. The Hall–Kier alpha value is -2.29. The van der Waals surface area contributed by atoms with Crippen molar-refractivity contribution in [1.29, 1.82) is 0 Å². The second-order valence-corrected chi connectivity index (χ2v) is 7.59. The van der Waals surface area contributed by atoms with E-state index in [1.54, 1.807) is 18.0 Å². The summed E-state index contributed by atoms with van der Waals surface area (Å²) in [6, 6.07) is 6.89. The normalized spacial score (nSPS) is 21.1. The van der Waals surface area contributed by atoms with Crippen LogP contribution in [0.3, 0.4) is 0 Å². The van der Waals surface area contributed by atoms with E-state index in [2.05, 4.69) is 14.7 Å². The van der Waals surface area contributed by atoms with Crippen molar-refractivity contribution in [2.45, 2.75) is 25.4 Å². The average molecular weight is 338 g/mol. The van der Waals surface area contributed by atoms with E-state index in [0.717, 1.165) is 5.56 Å². The summed E-state index contributed by atoms with van der Waals surface area (Å²) in [5, 5.41) is 3.68. The van der Waals surface area contributed by atoms with Gasteiger partial charge in [-0.2, -0.15) is 0 Å². The lowest BCUT2D eigenvalue weighted by molar-refractivity contribution is 0.383. The van der Waals surface area contributed by atoms with Gasteiger partial charge in [-0.25, -0.2) is 13.2 Å². The van der Waals surface area contributed by atoms with E-state index in [-0.39, 0.29) is 18.0 Å². The maximum Gasteiger partial charge on any atom is 0.440 e. The predicted molar refractivity (Wildman–Crippen MR) is 86.2 cm³/mol. The van der Waals surface area contributed by atoms with Gasteiger partial charge in [-0.1, -0.05) is 18.2 Å². The molecule has 0 aliphatic carbocycles. The highest BCUT2D eigenvalue weighted by molar-refractivity contribution is 7.92.